The van der Waals surface area contributed by atoms with Gasteiger partial charge in [0.1, 0.15) is 0 Å². The van der Waals surface area contributed by atoms with Gasteiger partial charge in [-0.3, -0.25) is 4.99 Å². The molecule has 0 saturated carbocycles. The van der Waals surface area contributed by atoms with E-state index >= 15 is 0 Å². The predicted octanol–water partition coefficient (Wildman–Crippen LogP) is 6.44. The molecule has 0 N–H and O–H groups in total. The maximum absolute atomic E-state index is 6.23. The van der Waals surface area contributed by atoms with E-state index in [-0.39, 0.29) is 6.04 Å². The highest BCUT2D eigenvalue weighted by atomic mass is 35.5. The van der Waals surface area contributed by atoms with Crippen LogP contribution < -0.4 is 0 Å². The van der Waals surface area contributed by atoms with Crippen molar-refractivity contribution in [2.75, 3.05) is 0 Å². The SMILES string of the molecule is Cc1ccc(C)c(C=NC(C)c2c(Cl)cc(Cl)cc2Cl)c1. The first kappa shape index (κ1) is 16.4. The molecule has 1 unspecified atom stereocenters. The smallest absolute Gasteiger partial charge is 0.0750 e. The first-order valence-corrected chi connectivity index (χ1v) is 7.76. The fourth-order valence-electron chi connectivity index (χ4n) is 2.12. The summed E-state index contributed by atoms with van der Waals surface area (Å²) in [6, 6.07) is 9.52. The van der Waals surface area contributed by atoms with Gasteiger partial charge in [0.25, 0.3) is 0 Å². The highest BCUT2D eigenvalue weighted by Crippen LogP contribution is 2.35. The van der Waals surface area contributed by atoms with Crippen molar-refractivity contribution in [2.45, 2.75) is 26.8 Å². The molecule has 1 atom stereocenters. The Morgan fingerprint density at radius 2 is 1.62 bits per heavy atom. The van der Waals surface area contributed by atoms with Gasteiger partial charge >= 0.3 is 0 Å². The normalized spacial score (nSPS) is 12.9. The summed E-state index contributed by atoms with van der Waals surface area (Å²) in [5, 5.41) is 1.61. The van der Waals surface area contributed by atoms with Crippen LogP contribution in [0, 0.1) is 13.8 Å². The third-order valence-electron chi connectivity index (χ3n) is 3.33. The minimum absolute atomic E-state index is 0.137. The van der Waals surface area contributed by atoms with Gasteiger partial charge in [0.2, 0.25) is 0 Å². The molecule has 4 heteroatoms. The van der Waals surface area contributed by atoms with E-state index in [1.807, 2.05) is 13.1 Å². The molecule has 21 heavy (non-hydrogen) atoms. The monoisotopic (exact) mass is 339 g/mol. The van der Waals surface area contributed by atoms with Crippen molar-refractivity contribution in [1.82, 2.24) is 0 Å². The quantitative estimate of drug-likeness (QED) is 0.570. The average Bonchev–Trinajstić information content (AvgIpc) is 2.38. The van der Waals surface area contributed by atoms with Crippen molar-refractivity contribution in [3.05, 3.63) is 67.7 Å². The summed E-state index contributed by atoms with van der Waals surface area (Å²) >= 11 is 18.4. The van der Waals surface area contributed by atoms with Crippen LogP contribution in [0.1, 0.15) is 35.2 Å². The topological polar surface area (TPSA) is 12.4 Å². The molecule has 0 aliphatic heterocycles. The minimum atomic E-state index is -0.137. The number of benzene rings is 2. The molecule has 0 bridgehead atoms. The molecule has 110 valence electrons. The van der Waals surface area contributed by atoms with E-state index in [4.69, 9.17) is 34.8 Å². The summed E-state index contributed by atoms with van der Waals surface area (Å²) in [6.45, 7) is 6.09. The molecule has 0 amide bonds. The molecule has 0 saturated heterocycles. The summed E-state index contributed by atoms with van der Waals surface area (Å²) in [4.78, 5) is 4.58. The van der Waals surface area contributed by atoms with Crippen LogP contribution in [0.2, 0.25) is 15.1 Å². The van der Waals surface area contributed by atoms with E-state index < -0.39 is 0 Å². The fourth-order valence-corrected chi connectivity index (χ4v) is 3.25. The maximum atomic E-state index is 6.23. The molecular formula is C17H16Cl3N. The molecule has 0 aliphatic carbocycles. The summed E-state index contributed by atoms with van der Waals surface area (Å²) in [5.41, 5.74) is 4.29. The highest BCUT2D eigenvalue weighted by Gasteiger charge is 2.13. The second-order valence-corrected chi connectivity index (χ2v) is 6.35. The van der Waals surface area contributed by atoms with Gasteiger partial charge in [0.15, 0.2) is 0 Å². The van der Waals surface area contributed by atoms with Crippen molar-refractivity contribution < 1.29 is 0 Å². The zero-order chi connectivity index (χ0) is 15.6. The number of aliphatic imine (C=N–C) groups is 1. The Bertz CT molecular complexity index is 669. The number of nitrogens with zero attached hydrogens (tertiary/aromatic N) is 1. The number of hydrogen-bond acceptors (Lipinski definition) is 1. The second-order valence-electron chi connectivity index (χ2n) is 5.10. The number of rotatable bonds is 3. The van der Waals surface area contributed by atoms with Gasteiger partial charge in [-0.15, -0.1) is 0 Å². The van der Waals surface area contributed by atoms with Crippen molar-refractivity contribution in [1.29, 1.82) is 0 Å². The third-order valence-corrected chi connectivity index (χ3v) is 4.18. The van der Waals surface area contributed by atoms with Crippen molar-refractivity contribution >= 4 is 41.0 Å². The molecule has 0 heterocycles. The lowest BCUT2D eigenvalue weighted by Crippen LogP contribution is -1.96. The molecule has 0 aromatic heterocycles. The number of hydrogen-bond donors (Lipinski definition) is 0. The second kappa shape index (κ2) is 6.83. The van der Waals surface area contributed by atoms with Crippen LogP contribution >= 0.6 is 34.8 Å². The fraction of sp³-hybridized carbons (Fsp3) is 0.235. The van der Waals surface area contributed by atoms with E-state index in [0.29, 0.717) is 15.1 Å². The van der Waals surface area contributed by atoms with Gasteiger partial charge in [-0.05, 0) is 44.0 Å². The zero-order valence-electron chi connectivity index (χ0n) is 12.1. The molecule has 1 nitrogen and oxygen atoms in total. The molecule has 0 aliphatic rings. The summed E-state index contributed by atoms with van der Waals surface area (Å²) in [6.07, 6.45) is 1.87. The zero-order valence-corrected chi connectivity index (χ0v) is 14.4. The largest absolute Gasteiger partial charge is 0.285 e. The summed E-state index contributed by atoms with van der Waals surface area (Å²) in [5.74, 6) is 0. The lowest BCUT2D eigenvalue weighted by molar-refractivity contribution is 0.825. The molecule has 0 radical (unpaired) electrons. The summed E-state index contributed by atoms with van der Waals surface area (Å²) in [7, 11) is 0. The van der Waals surface area contributed by atoms with E-state index in [0.717, 1.165) is 11.1 Å². The van der Waals surface area contributed by atoms with E-state index in [1.165, 1.54) is 11.1 Å². The van der Waals surface area contributed by atoms with Crippen LogP contribution in [0.5, 0.6) is 0 Å². The van der Waals surface area contributed by atoms with Gasteiger partial charge in [-0.25, -0.2) is 0 Å². The lowest BCUT2D eigenvalue weighted by atomic mass is 10.1. The van der Waals surface area contributed by atoms with Gasteiger partial charge in [-0.2, -0.15) is 0 Å². The Morgan fingerprint density at radius 1 is 1.00 bits per heavy atom. The molecule has 0 fully saturated rings. The van der Waals surface area contributed by atoms with Crippen LogP contribution in [0.4, 0.5) is 0 Å². The molecule has 2 aromatic rings. The number of halogens is 3. The Balaban J connectivity index is 2.31. The van der Waals surface area contributed by atoms with E-state index in [9.17, 15) is 0 Å². The van der Waals surface area contributed by atoms with Crippen LogP contribution in [0.15, 0.2) is 35.3 Å². The van der Waals surface area contributed by atoms with Crippen molar-refractivity contribution in [3.8, 4) is 0 Å². The van der Waals surface area contributed by atoms with Crippen LogP contribution in [-0.2, 0) is 0 Å². The maximum Gasteiger partial charge on any atom is 0.0750 e. The highest BCUT2D eigenvalue weighted by molar-refractivity contribution is 6.39. The van der Waals surface area contributed by atoms with E-state index in [2.05, 4.69) is 37.0 Å². The third kappa shape index (κ3) is 4.00. The molecular weight excluding hydrogens is 325 g/mol. The van der Waals surface area contributed by atoms with Gasteiger partial charge in [0.05, 0.1) is 6.04 Å². The molecule has 2 rings (SSSR count). The standard InChI is InChI=1S/C17H16Cl3N/c1-10-4-5-11(2)13(6-10)9-21-12(3)17-15(19)7-14(18)8-16(17)20/h4-9,12H,1-3H3. The minimum Gasteiger partial charge on any atom is -0.285 e. The van der Waals surface area contributed by atoms with Gasteiger partial charge in [0, 0.05) is 26.8 Å². The van der Waals surface area contributed by atoms with Crippen molar-refractivity contribution in [2.24, 2.45) is 4.99 Å². The molecule has 2 aromatic carbocycles. The summed E-state index contributed by atoms with van der Waals surface area (Å²) < 4.78 is 0. The Morgan fingerprint density at radius 3 is 2.24 bits per heavy atom. The molecule has 0 spiro atoms. The predicted molar refractivity (Wildman–Crippen MR) is 93.4 cm³/mol. The first-order chi connectivity index (χ1) is 9.88. The average molecular weight is 341 g/mol. The Labute approximate surface area is 140 Å². The van der Waals surface area contributed by atoms with Crippen molar-refractivity contribution in [3.63, 3.8) is 0 Å². The van der Waals surface area contributed by atoms with Gasteiger partial charge in [-0.1, -0.05) is 58.6 Å². The van der Waals surface area contributed by atoms with Crippen LogP contribution in [0.3, 0.4) is 0 Å². The first-order valence-electron chi connectivity index (χ1n) is 6.63. The van der Waals surface area contributed by atoms with E-state index in [1.54, 1.807) is 12.1 Å². The Hall–Kier alpha value is -1.02. The van der Waals surface area contributed by atoms with Crippen LogP contribution in [-0.4, -0.2) is 6.21 Å². The number of aryl methyl sites for hydroxylation is 2. The van der Waals surface area contributed by atoms with Crippen LogP contribution in [0.25, 0.3) is 0 Å². The lowest BCUT2D eigenvalue weighted by Gasteiger charge is -2.12. The van der Waals surface area contributed by atoms with Gasteiger partial charge < -0.3 is 0 Å². The Kier molecular flexibility index (Phi) is 5.32.